The number of aromatic nitrogens is 2. The van der Waals surface area contributed by atoms with Crippen LogP contribution >= 0.6 is 0 Å². The number of rotatable bonds is 3. The Morgan fingerprint density at radius 2 is 2.05 bits per heavy atom. The first kappa shape index (κ1) is 12.8. The summed E-state index contributed by atoms with van der Waals surface area (Å²) < 4.78 is 5.94. The number of ether oxygens (including phenoxy) is 1. The molecule has 0 aliphatic heterocycles. The largest absolute Gasteiger partial charge is 0.497 e. The molecule has 1 heterocycles. The number of methoxy groups -OCH3 is 1. The lowest BCUT2D eigenvalue weighted by Crippen LogP contribution is -2.36. The summed E-state index contributed by atoms with van der Waals surface area (Å²) in [5.74, 6) is 0.106. The highest BCUT2D eigenvalue weighted by atomic mass is 16.5. The van der Waals surface area contributed by atoms with E-state index in [0.29, 0.717) is 11.4 Å². The van der Waals surface area contributed by atoms with Gasteiger partial charge in [0.15, 0.2) is 5.78 Å². The number of carbonyl (C=O) groups excluding carboxylic acids is 1. The first-order valence-corrected chi connectivity index (χ1v) is 5.54. The van der Waals surface area contributed by atoms with E-state index in [-0.39, 0.29) is 5.56 Å². The van der Waals surface area contributed by atoms with Crippen LogP contribution in [-0.2, 0) is 0 Å². The third-order valence-electron chi connectivity index (χ3n) is 2.67. The van der Waals surface area contributed by atoms with E-state index in [4.69, 9.17) is 4.74 Å². The Bertz CT molecular complexity index is 743. The minimum Gasteiger partial charge on any atom is -0.497 e. The van der Waals surface area contributed by atoms with Gasteiger partial charge in [-0.25, -0.2) is 9.36 Å². The zero-order valence-corrected chi connectivity index (χ0v) is 10.5. The molecule has 0 amide bonds. The summed E-state index contributed by atoms with van der Waals surface area (Å²) in [5, 5.41) is 0. The second-order valence-corrected chi connectivity index (χ2v) is 3.91. The molecule has 0 aliphatic rings. The van der Waals surface area contributed by atoms with E-state index >= 15 is 0 Å². The molecule has 0 aliphatic carbocycles. The highest BCUT2D eigenvalue weighted by Crippen LogP contribution is 2.13. The molecule has 0 saturated carbocycles. The minimum atomic E-state index is -0.649. The van der Waals surface area contributed by atoms with Crippen molar-refractivity contribution in [3.63, 3.8) is 0 Å². The fraction of sp³-hybridized carbons (Fsp3) is 0.154. The number of Topliss-reactive ketones (excluding diaryl/α,β-unsaturated/α-hetero) is 1. The van der Waals surface area contributed by atoms with Crippen LogP contribution in [0.15, 0.2) is 40.1 Å². The summed E-state index contributed by atoms with van der Waals surface area (Å²) in [6, 6.07) is 6.47. The average Bonchev–Trinajstić information content (AvgIpc) is 2.38. The topological polar surface area (TPSA) is 81.2 Å². The maximum absolute atomic E-state index is 12.1. The maximum atomic E-state index is 12.1. The molecule has 6 heteroatoms. The van der Waals surface area contributed by atoms with E-state index in [1.807, 2.05) is 0 Å². The number of hydrogen-bond acceptors (Lipinski definition) is 4. The number of hydrogen-bond donors (Lipinski definition) is 1. The Morgan fingerprint density at radius 3 is 2.68 bits per heavy atom. The van der Waals surface area contributed by atoms with Crippen molar-refractivity contribution in [2.45, 2.75) is 6.92 Å². The summed E-state index contributed by atoms with van der Waals surface area (Å²) in [5.41, 5.74) is -0.983. The summed E-state index contributed by atoms with van der Waals surface area (Å²) in [7, 11) is 1.48. The van der Waals surface area contributed by atoms with Crippen molar-refractivity contribution in [2.24, 2.45) is 0 Å². The van der Waals surface area contributed by atoms with E-state index in [2.05, 4.69) is 4.98 Å². The second-order valence-electron chi connectivity index (χ2n) is 3.91. The van der Waals surface area contributed by atoms with Gasteiger partial charge >= 0.3 is 5.69 Å². The van der Waals surface area contributed by atoms with Crippen molar-refractivity contribution >= 4 is 5.78 Å². The van der Waals surface area contributed by atoms with Gasteiger partial charge in [0, 0.05) is 12.3 Å². The molecule has 0 saturated heterocycles. The number of nitrogens with one attached hydrogen (secondary N) is 1. The van der Waals surface area contributed by atoms with Crippen molar-refractivity contribution in [1.29, 1.82) is 0 Å². The molecule has 0 radical (unpaired) electrons. The molecule has 98 valence electrons. The van der Waals surface area contributed by atoms with Crippen LogP contribution in [0.3, 0.4) is 0 Å². The molecule has 0 bridgehead atoms. The van der Waals surface area contributed by atoms with Crippen molar-refractivity contribution in [2.75, 3.05) is 7.11 Å². The quantitative estimate of drug-likeness (QED) is 0.825. The van der Waals surface area contributed by atoms with Crippen LogP contribution in [0.1, 0.15) is 17.3 Å². The van der Waals surface area contributed by atoms with Gasteiger partial charge in [0.1, 0.15) is 5.75 Å². The molecule has 0 unspecified atom stereocenters. The Kier molecular flexibility index (Phi) is 3.33. The molecular weight excluding hydrogens is 248 g/mol. The lowest BCUT2D eigenvalue weighted by molar-refractivity contribution is 0.101. The van der Waals surface area contributed by atoms with Crippen LogP contribution in [0, 0.1) is 0 Å². The molecule has 1 aromatic heterocycles. The number of ketones is 1. The normalized spacial score (nSPS) is 10.2. The number of nitrogens with zero attached hydrogens (tertiary/aromatic N) is 1. The Hall–Kier alpha value is -2.63. The Balaban J connectivity index is 2.74. The van der Waals surface area contributed by atoms with Crippen LogP contribution < -0.4 is 16.0 Å². The predicted molar refractivity (Wildman–Crippen MR) is 69.2 cm³/mol. The molecule has 1 N–H and O–H groups in total. The van der Waals surface area contributed by atoms with Crippen molar-refractivity contribution in [1.82, 2.24) is 9.55 Å². The Morgan fingerprint density at radius 1 is 1.32 bits per heavy atom. The number of aromatic amines is 1. The number of H-pyrrole nitrogens is 1. The standard InChI is InChI=1S/C13H12N2O4/c1-8(16)11-7-14-13(18)15(12(11)17)9-4-3-5-10(6-9)19-2/h3-7H,1-2H3,(H,14,18). The SMILES string of the molecule is COc1cccc(-n2c(=O)[nH]cc(C(C)=O)c2=O)c1. The molecule has 0 fully saturated rings. The zero-order chi connectivity index (χ0) is 14.0. The minimum absolute atomic E-state index is 0.0672. The number of carbonyl (C=O) groups is 1. The van der Waals surface area contributed by atoms with E-state index in [0.717, 1.165) is 10.8 Å². The van der Waals surface area contributed by atoms with Crippen molar-refractivity contribution in [3.8, 4) is 11.4 Å². The maximum Gasteiger partial charge on any atom is 0.333 e. The van der Waals surface area contributed by atoms with Gasteiger partial charge in [0.2, 0.25) is 0 Å². The van der Waals surface area contributed by atoms with Crippen LogP contribution in [0.5, 0.6) is 5.75 Å². The molecule has 6 nitrogen and oxygen atoms in total. The van der Waals surface area contributed by atoms with Crippen LogP contribution in [0.25, 0.3) is 5.69 Å². The highest BCUT2D eigenvalue weighted by molar-refractivity contribution is 5.93. The van der Waals surface area contributed by atoms with Crippen LogP contribution in [-0.4, -0.2) is 22.4 Å². The fourth-order valence-corrected chi connectivity index (χ4v) is 1.71. The van der Waals surface area contributed by atoms with Gasteiger partial charge in [-0.1, -0.05) is 6.07 Å². The van der Waals surface area contributed by atoms with Crippen molar-refractivity contribution in [3.05, 3.63) is 56.9 Å². The fourth-order valence-electron chi connectivity index (χ4n) is 1.71. The van der Waals surface area contributed by atoms with E-state index in [1.165, 1.54) is 14.0 Å². The third kappa shape index (κ3) is 2.33. The molecule has 2 rings (SSSR count). The predicted octanol–water partition coefficient (Wildman–Crippen LogP) is 0.737. The van der Waals surface area contributed by atoms with Gasteiger partial charge < -0.3 is 9.72 Å². The molecule has 1 aromatic carbocycles. The highest BCUT2D eigenvalue weighted by Gasteiger charge is 2.12. The van der Waals surface area contributed by atoms with Gasteiger partial charge in [0.25, 0.3) is 5.56 Å². The third-order valence-corrected chi connectivity index (χ3v) is 2.67. The van der Waals surface area contributed by atoms with E-state index in [1.54, 1.807) is 24.3 Å². The van der Waals surface area contributed by atoms with Gasteiger partial charge in [0.05, 0.1) is 18.4 Å². The summed E-state index contributed by atoms with van der Waals surface area (Å²) in [6.07, 6.45) is 1.13. The van der Waals surface area contributed by atoms with E-state index in [9.17, 15) is 14.4 Å². The van der Waals surface area contributed by atoms with Gasteiger partial charge in [-0.2, -0.15) is 0 Å². The van der Waals surface area contributed by atoms with Gasteiger partial charge in [-0.15, -0.1) is 0 Å². The smallest absolute Gasteiger partial charge is 0.333 e. The molecule has 0 spiro atoms. The Labute approximate surface area is 108 Å². The molecule has 2 aromatic rings. The molecule has 0 atom stereocenters. The average molecular weight is 260 g/mol. The molecule has 19 heavy (non-hydrogen) atoms. The first-order chi connectivity index (χ1) is 9.04. The van der Waals surface area contributed by atoms with Gasteiger partial charge in [-0.05, 0) is 19.1 Å². The van der Waals surface area contributed by atoms with E-state index < -0.39 is 17.0 Å². The molecular formula is C13H12N2O4. The van der Waals surface area contributed by atoms with Crippen molar-refractivity contribution < 1.29 is 9.53 Å². The number of benzene rings is 1. The first-order valence-electron chi connectivity index (χ1n) is 5.54. The summed E-state index contributed by atoms with van der Waals surface area (Å²) >= 11 is 0. The van der Waals surface area contributed by atoms with Gasteiger partial charge in [-0.3, -0.25) is 9.59 Å². The second kappa shape index (κ2) is 4.93. The monoisotopic (exact) mass is 260 g/mol. The van der Waals surface area contributed by atoms with Crippen LogP contribution in [0.4, 0.5) is 0 Å². The summed E-state index contributed by atoms with van der Waals surface area (Å²) in [4.78, 5) is 37.6. The van der Waals surface area contributed by atoms with Crippen LogP contribution in [0.2, 0.25) is 0 Å². The zero-order valence-electron chi connectivity index (χ0n) is 10.5. The summed E-state index contributed by atoms with van der Waals surface area (Å²) in [6.45, 7) is 1.27. The lowest BCUT2D eigenvalue weighted by Gasteiger charge is -2.07. The lowest BCUT2D eigenvalue weighted by atomic mass is 10.2.